The van der Waals surface area contributed by atoms with E-state index in [4.69, 9.17) is 14.7 Å². The highest BCUT2D eigenvalue weighted by molar-refractivity contribution is 5.93. The van der Waals surface area contributed by atoms with Crippen molar-refractivity contribution in [2.24, 2.45) is 0 Å². The number of carbonyl (C=O) groups is 1. The Kier molecular flexibility index (Phi) is 5.85. The van der Waals surface area contributed by atoms with Gasteiger partial charge in [-0.3, -0.25) is 4.79 Å². The van der Waals surface area contributed by atoms with Crippen molar-refractivity contribution in [2.75, 3.05) is 12.4 Å². The Morgan fingerprint density at radius 3 is 2.33 bits per heavy atom. The molecule has 0 spiro atoms. The minimum Gasteiger partial charge on any atom is -0.497 e. The number of nitrogens with one attached hydrogen (secondary N) is 1. The minimum atomic E-state index is -4.93. The summed E-state index contributed by atoms with van der Waals surface area (Å²) in [5.41, 5.74) is -1.60. The lowest BCUT2D eigenvalue weighted by atomic mass is 10.2. The SMILES string of the molecule is COc1ccc(Oc2c(F)cc(C(F)(F)F)cc2F)c(NC(=O)CC#N)c1. The Labute approximate surface area is 149 Å². The van der Waals surface area contributed by atoms with Crippen LogP contribution in [0.5, 0.6) is 17.2 Å². The summed E-state index contributed by atoms with van der Waals surface area (Å²) in [5, 5.41) is 10.8. The number of hydrogen-bond acceptors (Lipinski definition) is 4. The standard InChI is InChI=1S/C17H11F5N2O3/c1-26-10-2-3-14(13(8-10)24-15(25)4-5-23)27-16-11(18)6-9(7-12(16)19)17(20,21)22/h2-3,6-8H,4H2,1H3,(H,24,25). The largest absolute Gasteiger partial charge is 0.497 e. The molecule has 0 aliphatic heterocycles. The molecule has 27 heavy (non-hydrogen) atoms. The van der Waals surface area contributed by atoms with Crippen LogP contribution in [-0.2, 0) is 11.0 Å². The van der Waals surface area contributed by atoms with E-state index in [0.717, 1.165) is 0 Å². The summed E-state index contributed by atoms with van der Waals surface area (Å²) in [6.45, 7) is 0. The fraction of sp³-hybridized carbons (Fsp3) is 0.176. The summed E-state index contributed by atoms with van der Waals surface area (Å²) in [6, 6.07) is 5.59. The van der Waals surface area contributed by atoms with E-state index in [9.17, 15) is 26.7 Å². The molecule has 0 unspecified atom stereocenters. The van der Waals surface area contributed by atoms with E-state index in [2.05, 4.69) is 5.32 Å². The molecular formula is C17H11F5N2O3. The third-order valence-electron chi connectivity index (χ3n) is 3.24. The van der Waals surface area contributed by atoms with Crippen molar-refractivity contribution < 1.29 is 36.2 Å². The molecule has 0 aliphatic rings. The van der Waals surface area contributed by atoms with Gasteiger partial charge in [0.25, 0.3) is 0 Å². The Morgan fingerprint density at radius 2 is 1.81 bits per heavy atom. The molecule has 1 N–H and O–H groups in total. The summed E-state index contributed by atoms with van der Waals surface area (Å²) >= 11 is 0. The number of carbonyl (C=O) groups excluding carboxylic acids is 1. The lowest BCUT2D eigenvalue weighted by molar-refractivity contribution is -0.138. The van der Waals surface area contributed by atoms with Gasteiger partial charge in [-0.05, 0) is 24.3 Å². The Balaban J connectivity index is 2.42. The number of nitrogens with zero attached hydrogens (tertiary/aromatic N) is 1. The number of alkyl halides is 3. The number of methoxy groups -OCH3 is 1. The zero-order valence-corrected chi connectivity index (χ0v) is 13.7. The molecule has 2 aromatic rings. The van der Waals surface area contributed by atoms with Crippen LogP contribution in [0.4, 0.5) is 27.6 Å². The average molecular weight is 386 g/mol. The Hall–Kier alpha value is -3.35. The van der Waals surface area contributed by atoms with Crippen molar-refractivity contribution in [1.29, 1.82) is 5.26 Å². The van der Waals surface area contributed by atoms with Crippen molar-refractivity contribution in [3.8, 4) is 23.3 Å². The molecule has 0 radical (unpaired) electrons. The van der Waals surface area contributed by atoms with Crippen LogP contribution in [0.25, 0.3) is 0 Å². The highest BCUT2D eigenvalue weighted by Gasteiger charge is 2.33. The second-order valence-electron chi connectivity index (χ2n) is 5.11. The van der Waals surface area contributed by atoms with Gasteiger partial charge in [-0.15, -0.1) is 0 Å². The lowest BCUT2D eigenvalue weighted by Crippen LogP contribution is -2.11. The van der Waals surface area contributed by atoms with Crippen LogP contribution >= 0.6 is 0 Å². The molecule has 0 bridgehead atoms. The second-order valence-corrected chi connectivity index (χ2v) is 5.11. The van der Waals surface area contributed by atoms with Crippen LogP contribution in [0, 0.1) is 23.0 Å². The quantitative estimate of drug-likeness (QED) is 0.761. The van der Waals surface area contributed by atoms with Gasteiger partial charge in [0.05, 0.1) is 24.4 Å². The number of halogens is 5. The summed E-state index contributed by atoms with van der Waals surface area (Å²) in [5.74, 6) is -4.98. The van der Waals surface area contributed by atoms with Gasteiger partial charge in [-0.25, -0.2) is 8.78 Å². The summed E-state index contributed by atoms with van der Waals surface area (Å²) in [7, 11) is 1.33. The third kappa shape index (κ3) is 4.84. The number of anilines is 1. The van der Waals surface area contributed by atoms with E-state index < -0.39 is 41.5 Å². The van der Waals surface area contributed by atoms with E-state index in [1.54, 1.807) is 6.07 Å². The molecule has 0 fully saturated rings. The van der Waals surface area contributed by atoms with E-state index >= 15 is 0 Å². The van der Waals surface area contributed by atoms with Crippen molar-refractivity contribution in [3.05, 3.63) is 47.5 Å². The highest BCUT2D eigenvalue weighted by Crippen LogP contribution is 2.38. The molecule has 0 heterocycles. The van der Waals surface area contributed by atoms with Crippen molar-refractivity contribution in [2.45, 2.75) is 12.6 Å². The maximum Gasteiger partial charge on any atom is 0.416 e. The van der Waals surface area contributed by atoms with E-state index in [1.165, 1.54) is 25.3 Å². The molecule has 142 valence electrons. The Bertz CT molecular complexity index is 883. The molecule has 0 aromatic heterocycles. The topological polar surface area (TPSA) is 71.3 Å². The molecular weight excluding hydrogens is 375 g/mol. The molecule has 5 nitrogen and oxygen atoms in total. The van der Waals surface area contributed by atoms with Gasteiger partial charge in [0, 0.05) is 6.07 Å². The minimum absolute atomic E-state index is 0.0895. The van der Waals surface area contributed by atoms with Gasteiger partial charge in [-0.1, -0.05) is 0 Å². The zero-order chi connectivity index (χ0) is 20.2. The first kappa shape index (κ1) is 20.0. The summed E-state index contributed by atoms with van der Waals surface area (Å²) < 4.78 is 75.8. The van der Waals surface area contributed by atoms with E-state index in [1.807, 2.05) is 0 Å². The molecule has 0 saturated heterocycles. The summed E-state index contributed by atoms with van der Waals surface area (Å²) in [4.78, 5) is 11.6. The molecule has 2 aromatic carbocycles. The predicted octanol–water partition coefficient (Wildman–Crippen LogP) is 4.64. The zero-order valence-electron chi connectivity index (χ0n) is 13.7. The molecule has 0 aliphatic carbocycles. The maximum absolute atomic E-state index is 14.0. The Morgan fingerprint density at radius 1 is 1.19 bits per heavy atom. The number of benzene rings is 2. The van der Waals surface area contributed by atoms with Crippen molar-refractivity contribution in [3.63, 3.8) is 0 Å². The van der Waals surface area contributed by atoms with Gasteiger partial charge >= 0.3 is 6.18 Å². The summed E-state index contributed by atoms with van der Waals surface area (Å²) in [6.07, 6.45) is -5.43. The number of hydrogen-bond donors (Lipinski definition) is 1. The average Bonchev–Trinajstić information content (AvgIpc) is 2.58. The van der Waals surface area contributed by atoms with Crippen molar-refractivity contribution in [1.82, 2.24) is 0 Å². The van der Waals surface area contributed by atoms with E-state index in [-0.39, 0.29) is 29.3 Å². The van der Waals surface area contributed by atoms with Crippen LogP contribution in [-0.4, -0.2) is 13.0 Å². The molecule has 2 rings (SSSR count). The molecule has 10 heteroatoms. The lowest BCUT2D eigenvalue weighted by Gasteiger charge is -2.15. The van der Waals surface area contributed by atoms with Crippen LogP contribution in [0.3, 0.4) is 0 Å². The fourth-order valence-electron chi connectivity index (χ4n) is 2.02. The van der Waals surface area contributed by atoms with Crippen LogP contribution in [0.1, 0.15) is 12.0 Å². The van der Waals surface area contributed by atoms with Crippen LogP contribution in [0.2, 0.25) is 0 Å². The number of amides is 1. The third-order valence-corrected chi connectivity index (χ3v) is 3.24. The first-order valence-electron chi connectivity index (χ1n) is 7.24. The monoisotopic (exact) mass is 386 g/mol. The maximum atomic E-state index is 14.0. The highest BCUT2D eigenvalue weighted by atomic mass is 19.4. The van der Waals surface area contributed by atoms with E-state index in [0.29, 0.717) is 0 Å². The normalized spacial score (nSPS) is 10.9. The number of ether oxygens (including phenoxy) is 2. The van der Waals surface area contributed by atoms with Gasteiger partial charge < -0.3 is 14.8 Å². The second kappa shape index (κ2) is 7.90. The first-order chi connectivity index (χ1) is 12.7. The van der Waals surface area contributed by atoms with Crippen LogP contribution < -0.4 is 14.8 Å². The predicted molar refractivity (Wildman–Crippen MR) is 83.3 cm³/mol. The fourth-order valence-corrected chi connectivity index (χ4v) is 2.02. The van der Waals surface area contributed by atoms with Crippen LogP contribution in [0.15, 0.2) is 30.3 Å². The number of nitriles is 1. The van der Waals surface area contributed by atoms with Gasteiger partial charge in [0.1, 0.15) is 12.2 Å². The molecule has 0 atom stereocenters. The van der Waals surface area contributed by atoms with Gasteiger partial charge in [-0.2, -0.15) is 18.4 Å². The first-order valence-corrected chi connectivity index (χ1v) is 7.24. The molecule has 1 amide bonds. The smallest absolute Gasteiger partial charge is 0.416 e. The van der Waals surface area contributed by atoms with Gasteiger partial charge in [0.2, 0.25) is 5.91 Å². The molecule has 0 saturated carbocycles. The van der Waals surface area contributed by atoms with Gasteiger partial charge in [0.15, 0.2) is 23.1 Å². The van der Waals surface area contributed by atoms with Crippen molar-refractivity contribution >= 4 is 11.6 Å². The number of rotatable bonds is 5.